The lowest BCUT2D eigenvalue weighted by molar-refractivity contribution is -0.131. The summed E-state index contributed by atoms with van der Waals surface area (Å²) in [6, 6.07) is 11.0. The Morgan fingerprint density at radius 1 is 0.926 bits per heavy atom. The molecule has 6 nitrogen and oxygen atoms in total. The molecule has 0 spiro atoms. The second-order valence-electron chi connectivity index (χ2n) is 7.10. The fourth-order valence-electron chi connectivity index (χ4n) is 3.18. The highest BCUT2D eigenvalue weighted by Crippen LogP contribution is 2.48. The van der Waals surface area contributed by atoms with Crippen LogP contribution in [-0.2, 0) is 9.59 Å². The van der Waals surface area contributed by atoms with Crippen molar-refractivity contribution in [3.8, 4) is 11.5 Å². The Bertz CT molecular complexity index is 918. The fraction of sp³-hybridized carbons (Fsp3) is 0.333. The molecule has 6 heteroatoms. The van der Waals surface area contributed by atoms with Gasteiger partial charge in [0.05, 0.1) is 0 Å². The number of hydrogen-bond acceptors (Lipinski definition) is 4. The summed E-state index contributed by atoms with van der Waals surface area (Å²) in [6.07, 6.45) is 1.08. The molecule has 2 aromatic carbocycles. The molecular formula is C21H22N2O4. The third-order valence-corrected chi connectivity index (χ3v) is 5.27. The van der Waals surface area contributed by atoms with Gasteiger partial charge in [-0.15, -0.1) is 0 Å². The van der Waals surface area contributed by atoms with E-state index in [9.17, 15) is 9.59 Å². The molecule has 2 aromatic rings. The van der Waals surface area contributed by atoms with E-state index in [1.54, 1.807) is 18.2 Å². The zero-order chi connectivity index (χ0) is 19.0. The van der Waals surface area contributed by atoms with Crippen LogP contribution in [0.25, 0.3) is 0 Å². The maximum atomic E-state index is 12.8. The van der Waals surface area contributed by atoms with Crippen LogP contribution in [-0.4, -0.2) is 25.0 Å². The number of ether oxygens (including phenoxy) is 2. The molecule has 0 unspecified atom stereocenters. The number of rotatable bonds is 4. The Hall–Kier alpha value is -3.02. The number of anilines is 2. The predicted molar refractivity (Wildman–Crippen MR) is 102 cm³/mol. The number of carbonyl (C=O) groups excluding carboxylic acids is 2. The van der Waals surface area contributed by atoms with Gasteiger partial charge in [0, 0.05) is 17.4 Å². The van der Waals surface area contributed by atoms with Gasteiger partial charge in [-0.25, -0.2) is 0 Å². The Morgan fingerprint density at radius 2 is 1.63 bits per heavy atom. The Morgan fingerprint density at radius 3 is 2.37 bits per heavy atom. The van der Waals surface area contributed by atoms with E-state index in [1.807, 2.05) is 32.0 Å². The van der Waals surface area contributed by atoms with Crippen LogP contribution in [0.15, 0.2) is 36.4 Å². The van der Waals surface area contributed by atoms with Crippen LogP contribution < -0.4 is 20.1 Å². The Balaban J connectivity index is 1.48. The average molecular weight is 366 g/mol. The summed E-state index contributed by atoms with van der Waals surface area (Å²) in [5.74, 6) is 0.713. The highest BCUT2D eigenvalue weighted by atomic mass is 16.6. The van der Waals surface area contributed by atoms with E-state index in [0.717, 1.165) is 16.8 Å². The average Bonchev–Trinajstić information content (AvgIpc) is 3.47. The van der Waals surface area contributed by atoms with Gasteiger partial charge < -0.3 is 20.1 Å². The summed E-state index contributed by atoms with van der Waals surface area (Å²) in [7, 11) is 0. The van der Waals surface area contributed by atoms with E-state index in [2.05, 4.69) is 10.6 Å². The number of amides is 2. The summed E-state index contributed by atoms with van der Waals surface area (Å²) >= 11 is 0. The molecule has 1 aliphatic carbocycles. The van der Waals surface area contributed by atoms with Gasteiger partial charge in [0.2, 0.25) is 11.8 Å². The second-order valence-corrected chi connectivity index (χ2v) is 7.10. The van der Waals surface area contributed by atoms with Crippen molar-refractivity contribution in [2.24, 2.45) is 5.41 Å². The summed E-state index contributed by atoms with van der Waals surface area (Å²) in [4.78, 5) is 25.6. The molecule has 0 saturated heterocycles. The SMILES string of the molecule is Cc1cccc(NC(=O)C2(C(=O)Nc3ccc4c(c3)OCCO4)CC2)c1C. The smallest absolute Gasteiger partial charge is 0.240 e. The zero-order valence-corrected chi connectivity index (χ0v) is 15.4. The molecule has 2 amide bonds. The maximum Gasteiger partial charge on any atom is 0.240 e. The third kappa shape index (κ3) is 3.23. The molecule has 4 rings (SSSR count). The Labute approximate surface area is 157 Å². The van der Waals surface area contributed by atoms with Crippen LogP contribution in [0.4, 0.5) is 11.4 Å². The van der Waals surface area contributed by atoms with Gasteiger partial charge in [-0.1, -0.05) is 12.1 Å². The van der Waals surface area contributed by atoms with Crippen LogP contribution in [0.5, 0.6) is 11.5 Å². The lowest BCUT2D eigenvalue weighted by atomic mass is 10.0. The van der Waals surface area contributed by atoms with Gasteiger partial charge in [0.1, 0.15) is 18.6 Å². The number of carbonyl (C=O) groups is 2. The van der Waals surface area contributed by atoms with Crippen LogP contribution in [0.1, 0.15) is 24.0 Å². The van der Waals surface area contributed by atoms with Crippen LogP contribution >= 0.6 is 0 Å². The van der Waals surface area contributed by atoms with Crippen molar-refractivity contribution in [3.05, 3.63) is 47.5 Å². The van der Waals surface area contributed by atoms with Crippen molar-refractivity contribution in [2.75, 3.05) is 23.8 Å². The summed E-state index contributed by atoms with van der Waals surface area (Å²) < 4.78 is 11.0. The predicted octanol–water partition coefficient (Wildman–Crippen LogP) is 3.43. The highest BCUT2D eigenvalue weighted by molar-refractivity contribution is 6.17. The quantitative estimate of drug-likeness (QED) is 0.813. The van der Waals surface area contributed by atoms with Gasteiger partial charge in [0.25, 0.3) is 0 Å². The van der Waals surface area contributed by atoms with E-state index in [0.29, 0.717) is 43.2 Å². The summed E-state index contributed by atoms with van der Waals surface area (Å²) in [5, 5.41) is 5.78. The van der Waals surface area contributed by atoms with E-state index in [4.69, 9.17) is 9.47 Å². The third-order valence-electron chi connectivity index (χ3n) is 5.27. The topological polar surface area (TPSA) is 76.7 Å². The minimum absolute atomic E-state index is 0.258. The van der Waals surface area contributed by atoms with E-state index in [1.165, 1.54) is 0 Å². The molecule has 0 radical (unpaired) electrons. The van der Waals surface area contributed by atoms with Crippen molar-refractivity contribution in [1.82, 2.24) is 0 Å². The molecular weight excluding hydrogens is 344 g/mol. The van der Waals surface area contributed by atoms with Crippen molar-refractivity contribution in [3.63, 3.8) is 0 Å². The first kappa shape index (κ1) is 17.4. The van der Waals surface area contributed by atoms with E-state index >= 15 is 0 Å². The number of fused-ring (bicyclic) bond motifs is 1. The largest absolute Gasteiger partial charge is 0.486 e. The molecule has 1 saturated carbocycles. The molecule has 0 atom stereocenters. The zero-order valence-electron chi connectivity index (χ0n) is 15.4. The molecule has 140 valence electrons. The van der Waals surface area contributed by atoms with Gasteiger partial charge in [0.15, 0.2) is 11.5 Å². The molecule has 0 bridgehead atoms. The minimum atomic E-state index is -1.01. The number of nitrogens with one attached hydrogen (secondary N) is 2. The standard InChI is InChI=1S/C21H22N2O4/c1-13-4-3-5-16(14(13)2)23-20(25)21(8-9-21)19(24)22-15-6-7-17-18(12-15)27-11-10-26-17/h3-7,12H,8-11H2,1-2H3,(H,22,24)(H,23,25). The Kier molecular flexibility index (Phi) is 4.26. The molecule has 2 aliphatic rings. The number of benzene rings is 2. The first-order valence-corrected chi connectivity index (χ1v) is 9.08. The molecule has 27 heavy (non-hydrogen) atoms. The molecule has 1 heterocycles. The van der Waals surface area contributed by atoms with Crippen molar-refractivity contribution < 1.29 is 19.1 Å². The lowest BCUT2D eigenvalue weighted by Gasteiger charge is -2.20. The summed E-state index contributed by atoms with van der Waals surface area (Å²) in [6.45, 7) is 4.94. The minimum Gasteiger partial charge on any atom is -0.486 e. The molecule has 1 aliphatic heterocycles. The number of aryl methyl sites for hydroxylation is 1. The fourth-order valence-corrected chi connectivity index (χ4v) is 3.18. The van der Waals surface area contributed by atoms with Crippen molar-refractivity contribution >= 4 is 23.2 Å². The first-order chi connectivity index (χ1) is 13.0. The molecule has 0 aromatic heterocycles. The highest BCUT2D eigenvalue weighted by Gasteiger charge is 2.56. The monoisotopic (exact) mass is 366 g/mol. The van der Waals surface area contributed by atoms with Crippen molar-refractivity contribution in [1.29, 1.82) is 0 Å². The van der Waals surface area contributed by atoms with Gasteiger partial charge in [-0.2, -0.15) is 0 Å². The first-order valence-electron chi connectivity index (χ1n) is 9.08. The van der Waals surface area contributed by atoms with Crippen molar-refractivity contribution in [2.45, 2.75) is 26.7 Å². The maximum absolute atomic E-state index is 12.8. The van der Waals surface area contributed by atoms with E-state index < -0.39 is 5.41 Å². The second kappa shape index (κ2) is 6.61. The van der Waals surface area contributed by atoms with Crippen LogP contribution in [0, 0.1) is 19.3 Å². The van der Waals surface area contributed by atoms with Gasteiger partial charge in [-0.3, -0.25) is 9.59 Å². The van der Waals surface area contributed by atoms with Gasteiger partial charge >= 0.3 is 0 Å². The lowest BCUT2D eigenvalue weighted by Crippen LogP contribution is -2.35. The van der Waals surface area contributed by atoms with E-state index in [-0.39, 0.29) is 11.8 Å². The normalized spacial score (nSPS) is 16.4. The van der Waals surface area contributed by atoms with Gasteiger partial charge in [-0.05, 0) is 56.0 Å². The summed E-state index contributed by atoms with van der Waals surface area (Å²) in [5.41, 5.74) is 2.43. The van der Waals surface area contributed by atoms with Crippen LogP contribution in [0.3, 0.4) is 0 Å². The van der Waals surface area contributed by atoms with Crippen LogP contribution in [0.2, 0.25) is 0 Å². The number of hydrogen-bond donors (Lipinski definition) is 2. The molecule has 2 N–H and O–H groups in total. The molecule has 1 fully saturated rings.